The standard InChI is InChI=1S/C28H43N7O6/c1-3-16(2)24(35-25(37)19(30)11-12-23(31)36)27(39)34-22(14-17-15-32-20-9-5-4-8-18(17)20)26(38)33-21(28(40)41)10-6-7-13-29/h4-5,8-9,15-16,19,21-22,24,32H,3,6-7,10-14,29-30H2,1-2H3,(H2,31,36)(H,33,38)(H,34,39)(H,35,37)(H,40,41). The molecule has 0 saturated carbocycles. The summed E-state index contributed by atoms with van der Waals surface area (Å²) >= 11 is 0. The van der Waals surface area contributed by atoms with E-state index in [1.165, 1.54) is 0 Å². The fourth-order valence-corrected chi connectivity index (χ4v) is 4.40. The number of rotatable bonds is 18. The van der Waals surface area contributed by atoms with Crippen molar-refractivity contribution in [2.75, 3.05) is 6.54 Å². The van der Waals surface area contributed by atoms with Crippen LogP contribution in [0.25, 0.3) is 10.9 Å². The van der Waals surface area contributed by atoms with E-state index in [2.05, 4.69) is 20.9 Å². The molecule has 0 aliphatic rings. The minimum absolute atomic E-state index is 0.0162. The zero-order chi connectivity index (χ0) is 30.5. The van der Waals surface area contributed by atoms with Crippen molar-refractivity contribution < 1.29 is 29.1 Å². The van der Waals surface area contributed by atoms with E-state index in [-0.39, 0.29) is 31.6 Å². The van der Waals surface area contributed by atoms with Gasteiger partial charge in [0.1, 0.15) is 18.1 Å². The number of aromatic amines is 1. The number of nitrogens with two attached hydrogens (primary N) is 3. The molecule has 226 valence electrons. The number of benzene rings is 1. The van der Waals surface area contributed by atoms with Gasteiger partial charge in [0.15, 0.2) is 0 Å². The van der Waals surface area contributed by atoms with Gasteiger partial charge in [0.25, 0.3) is 0 Å². The Morgan fingerprint density at radius 3 is 2.27 bits per heavy atom. The quantitative estimate of drug-likeness (QED) is 0.113. The highest BCUT2D eigenvalue weighted by Crippen LogP contribution is 2.20. The molecule has 5 atom stereocenters. The first-order valence-corrected chi connectivity index (χ1v) is 13.9. The summed E-state index contributed by atoms with van der Waals surface area (Å²) in [4.78, 5) is 65.8. The molecule has 0 fully saturated rings. The SMILES string of the molecule is CCC(C)C(NC(=O)C(N)CCC(N)=O)C(=O)NC(Cc1c[nH]c2ccccc12)C(=O)NC(CCCCN)C(=O)O. The van der Waals surface area contributed by atoms with Gasteiger partial charge in [-0.2, -0.15) is 0 Å². The lowest BCUT2D eigenvalue weighted by atomic mass is 9.96. The molecule has 2 rings (SSSR count). The largest absolute Gasteiger partial charge is 0.480 e. The molecule has 5 unspecified atom stereocenters. The van der Waals surface area contributed by atoms with Crippen LogP contribution in [-0.4, -0.2) is 70.4 Å². The summed E-state index contributed by atoms with van der Waals surface area (Å²) in [6.45, 7) is 4.01. The minimum atomic E-state index is -1.19. The lowest BCUT2D eigenvalue weighted by Gasteiger charge is -2.28. The molecule has 0 aliphatic carbocycles. The normalized spacial score (nSPS) is 14.8. The Labute approximate surface area is 239 Å². The van der Waals surface area contributed by atoms with Gasteiger partial charge in [-0.15, -0.1) is 0 Å². The molecule has 2 aromatic rings. The Balaban J connectivity index is 2.30. The zero-order valence-corrected chi connectivity index (χ0v) is 23.7. The van der Waals surface area contributed by atoms with E-state index in [0.29, 0.717) is 25.8 Å². The first kappa shape index (κ1) is 33.2. The molecule has 1 heterocycles. The molecule has 0 bridgehead atoms. The summed E-state index contributed by atoms with van der Waals surface area (Å²) in [6.07, 6.45) is 3.55. The molecule has 0 radical (unpaired) electrons. The van der Waals surface area contributed by atoms with Crippen molar-refractivity contribution in [2.45, 2.75) is 83.0 Å². The number of H-pyrrole nitrogens is 1. The fraction of sp³-hybridized carbons (Fsp3) is 0.536. The van der Waals surface area contributed by atoms with E-state index < -0.39 is 53.8 Å². The first-order valence-electron chi connectivity index (χ1n) is 13.9. The van der Waals surface area contributed by atoms with E-state index in [0.717, 1.165) is 16.5 Å². The summed E-state index contributed by atoms with van der Waals surface area (Å²) in [6, 6.07) is 3.06. The molecule has 1 aromatic heterocycles. The van der Waals surface area contributed by atoms with Gasteiger partial charge >= 0.3 is 5.97 Å². The number of carboxylic acids is 1. The molecule has 41 heavy (non-hydrogen) atoms. The Kier molecular flexibility index (Phi) is 13.2. The predicted octanol–water partition coefficient (Wildman–Crippen LogP) is 0.0173. The van der Waals surface area contributed by atoms with Gasteiger partial charge in [-0.25, -0.2) is 4.79 Å². The molecule has 1 aromatic carbocycles. The van der Waals surface area contributed by atoms with Gasteiger partial charge in [0.05, 0.1) is 6.04 Å². The van der Waals surface area contributed by atoms with Crippen molar-refractivity contribution in [3.63, 3.8) is 0 Å². The van der Waals surface area contributed by atoms with Crippen molar-refractivity contribution >= 4 is 40.5 Å². The average molecular weight is 574 g/mol. The number of primary amides is 1. The highest BCUT2D eigenvalue weighted by atomic mass is 16.4. The molecule has 13 heteroatoms. The van der Waals surface area contributed by atoms with Crippen LogP contribution in [0.15, 0.2) is 30.5 Å². The van der Waals surface area contributed by atoms with Crippen molar-refractivity contribution in [3.05, 3.63) is 36.0 Å². The number of carbonyl (C=O) groups is 5. The Bertz CT molecular complexity index is 1200. The third kappa shape index (κ3) is 10.2. The van der Waals surface area contributed by atoms with Crippen LogP contribution in [0.4, 0.5) is 0 Å². The number of fused-ring (bicyclic) bond motifs is 1. The van der Waals surface area contributed by atoms with Gasteiger partial charge in [0, 0.05) is 29.9 Å². The zero-order valence-electron chi connectivity index (χ0n) is 23.7. The van der Waals surface area contributed by atoms with Crippen molar-refractivity contribution in [2.24, 2.45) is 23.1 Å². The highest BCUT2D eigenvalue weighted by Gasteiger charge is 2.33. The van der Waals surface area contributed by atoms with Crippen LogP contribution >= 0.6 is 0 Å². The van der Waals surface area contributed by atoms with Crippen LogP contribution in [0, 0.1) is 5.92 Å². The summed E-state index contributed by atoms with van der Waals surface area (Å²) in [5.41, 5.74) is 18.2. The highest BCUT2D eigenvalue weighted by molar-refractivity contribution is 5.95. The van der Waals surface area contributed by atoms with Gasteiger partial charge in [0.2, 0.25) is 23.6 Å². The van der Waals surface area contributed by atoms with Crippen molar-refractivity contribution in [1.82, 2.24) is 20.9 Å². The topological polar surface area (TPSA) is 236 Å². The summed E-state index contributed by atoms with van der Waals surface area (Å²) in [7, 11) is 0. The number of aliphatic carboxylic acids is 1. The average Bonchev–Trinajstić information content (AvgIpc) is 3.35. The molecule has 0 spiro atoms. The molecule has 0 aliphatic heterocycles. The number of hydrogen-bond acceptors (Lipinski definition) is 7. The smallest absolute Gasteiger partial charge is 0.326 e. The van der Waals surface area contributed by atoms with E-state index in [4.69, 9.17) is 17.2 Å². The number of carbonyl (C=O) groups excluding carboxylic acids is 4. The second-order valence-electron chi connectivity index (χ2n) is 10.3. The van der Waals surface area contributed by atoms with Crippen molar-refractivity contribution in [1.29, 1.82) is 0 Å². The number of amides is 4. The van der Waals surface area contributed by atoms with Crippen molar-refractivity contribution in [3.8, 4) is 0 Å². The predicted molar refractivity (Wildman–Crippen MR) is 154 cm³/mol. The van der Waals surface area contributed by atoms with Crippen LogP contribution in [-0.2, 0) is 30.4 Å². The van der Waals surface area contributed by atoms with Crippen LogP contribution in [0.1, 0.15) is 57.9 Å². The first-order chi connectivity index (χ1) is 19.5. The molecular weight excluding hydrogens is 530 g/mol. The number of carboxylic acid groups (broad SMARTS) is 1. The maximum atomic E-state index is 13.5. The molecule has 11 N–H and O–H groups in total. The Hall–Kier alpha value is -3.97. The molecule has 13 nitrogen and oxygen atoms in total. The third-order valence-electron chi connectivity index (χ3n) is 7.13. The van der Waals surface area contributed by atoms with E-state index in [1.807, 2.05) is 31.2 Å². The van der Waals surface area contributed by atoms with Crippen LogP contribution in [0.5, 0.6) is 0 Å². The number of aromatic nitrogens is 1. The summed E-state index contributed by atoms with van der Waals surface area (Å²) < 4.78 is 0. The maximum Gasteiger partial charge on any atom is 0.326 e. The molecule has 0 saturated heterocycles. The van der Waals surface area contributed by atoms with Crippen LogP contribution in [0.2, 0.25) is 0 Å². The lowest BCUT2D eigenvalue weighted by Crippen LogP contribution is -2.59. The van der Waals surface area contributed by atoms with E-state index >= 15 is 0 Å². The number of nitrogens with one attached hydrogen (secondary N) is 4. The van der Waals surface area contributed by atoms with Gasteiger partial charge in [-0.1, -0.05) is 38.5 Å². The Morgan fingerprint density at radius 1 is 0.951 bits per heavy atom. The van der Waals surface area contributed by atoms with E-state index in [1.54, 1.807) is 13.1 Å². The minimum Gasteiger partial charge on any atom is -0.480 e. The van der Waals surface area contributed by atoms with Crippen LogP contribution in [0.3, 0.4) is 0 Å². The van der Waals surface area contributed by atoms with Crippen LogP contribution < -0.4 is 33.2 Å². The fourth-order valence-electron chi connectivity index (χ4n) is 4.40. The third-order valence-corrected chi connectivity index (χ3v) is 7.13. The lowest BCUT2D eigenvalue weighted by molar-refractivity contribution is -0.142. The monoisotopic (exact) mass is 573 g/mol. The number of hydrogen-bond donors (Lipinski definition) is 8. The van der Waals surface area contributed by atoms with Gasteiger partial charge < -0.3 is 43.2 Å². The summed E-state index contributed by atoms with van der Waals surface area (Å²) in [5, 5.41) is 18.5. The van der Waals surface area contributed by atoms with Gasteiger partial charge in [-0.3, -0.25) is 19.2 Å². The molecular formula is C28H43N7O6. The van der Waals surface area contributed by atoms with Gasteiger partial charge in [-0.05, 0) is 49.8 Å². The maximum absolute atomic E-state index is 13.5. The van der Waals surface area contributed by atoms with E-state index in [9.17, 15) is 29.1 Å². The number of para-hydroxylation sites is 1. The molecule has 4 amide bonds. The second-order valence-corrected chi connectivity index (χ2v) is 10.3. The summed E-state index contributed by atoms with van der Waals surface area (Å²) in [5.74, 6) is -4.04. The number of unbranched alkanes of at least 4 members (excludes halogenated alkanes) is 1. The Morgan fingerprint density at radius 2 is 1.63 bits per heavy atom. The second kappa shape index (κ2) is 16.3.